The molecular weight excluding hydrogens is 312 g/mol. The Kier molecular flexibility index (Phi) is 3.88. The molecule has 0 saturated carbocycles. The number of nitrogens with one attached hydrogen (secondary N) is 1. The number of nitrogens with zero attached hydrogens (tertiary/aromatic N) is 1. The summed E-state index contributed by atoms with van der Waals surface area (Å²) in [5.41, 5.74) is 4.90. The number of para-hydroxylation sites is 1. The van der Waals surface area contributed by atoms with Gasteiger partial charge in [0.05, 0.1) is 0 Å². The summed E-state index contributed by atoms with van der Waals surface area (Å²) >= 11 is 0. The predicted octanol–water partition coefficient (Wildman–Crippen LogP) is 3.36. The summed E-state index contributed by atoms with van der Waals surface area (Å²) in [6.07, 6.45) is 2.12. The number of anilines is 1. The molecule has 0 unspecified atom stereocenters. The number of hydrogen-bond acceptors (Lipinski definition) is 2. The molecule has 4 rings (SSSR count). The van der Waals surface area contributed by atoms with Gasteiger partial charge >= 0.3 is 0 Å². The van der Waals surface area contributed by atoms with E-state index in [1.54, 1.807) is 6.92 Å². The molecule has 25 heavy (non-hydrogen) atoms. The van der Waals surface area contributed by atoms with E-state index in [4.69, 9.17) is 0 Å². The smallest absolute Gasteiger partial charge is 0.251 e. The molecule has 1 aliphatic heterocycles. The normalized spacial score (nSPS) is 13.2. The second-order valence-corrected chi connectivity index (χ2v) is 6.63. The number of rotatable bonds is 3. The standard InChI is InChI=1S/C21H20N2O2/c1-14-12-17-13-15(6-8-18(17)22-21(14)25)7-9-20(24)23-11-10-16-4-2-3-5-19(16)23/h2-6,8,12-13H,7,9-11H2,1H3,(H,22,25). The molecule has 0 fully saturated rings. The fourth-order valence-electron chi connectivity index (χ4n) is 3.50. The molecule has 0 bridgehead atoms. The van der Waals surface area contributed by atoms with Gasteiger partial charge in [-0.15, -0.1) is 0 Å². The zero-order valence-corrected chi connectivity index (χ0v) is 14.2. The molecule has 0 saturated heterocycles. The SMILES string of the molecule is Cc1cc2cc(CCC(=O)N3CCc4ccccc43)ccc2[nH]c1=O. The molecule has 4 heteroatoms. The van der Waals surface area contributed by atoms with Crippen molar-refractivity contribution in [3.05, 3.63) is 75.6 Å². The average molecular weight is 332 g/mol. The van der Waals surface area contributed by atoms with Gasteiger partial charge in [-0.1, -0.05) is 24.3 Å². The van der Waals surface area contributed by atoms with Gasteiger partial charge in [0.2, 0.25) is 5.91 Å². The summed E-state index contributed by atoms with van der Waals surface area (Å²) in [5.74, 6) is 0.169. The first-order chi connectivity index (χ1) is 12.1. The first-order valence-electron chi connectivity index (χ1n) is 8.63. The number of carbonyl (C=O) groups is 1. The zero-order chi connectivity index (χ0) is 17.4. The molecule has 1 N–H and O–H groups in total. The highest BCUT2D eigenvalue weighted by Gasteiger charge is 2.23. The molecule has 4 nitrogen and oxygen atoms in total. The Hall–Kier alpha value is -2.88. The number of hydrogen-bond donors (Lipinski definition) is 1. The van der Waals surface area contributed by atoms with E-state index < -0.39 is 0 Å². The van der Waals surface area contributed by atoms with Gasteiger partial charge in [-0.2, -0.15) is 0 Å². The van der Waals surface area contributed by atoms with E-state index in [-0.39, 0.29) is 11.5 Å². The van der Waals surface area contributed by atoms with Crippen LogP contribution in [0.2, 0.25) is 0 Å². The van der Waals surface area contributed by atoms with Gasteiger partial charge in [0.15, 0.2) is 0 Å². The summed E-state index contributed by atoms with van der Waals surface area (Å²) in [7, 11) is 0. The Balaban J connectivity index is 1.50. The molecular formula is C21H20N2O2. The van der Waals surface area contributed by atoms with Gasteiger partial charge < -0.3 is 9.88 Å². The van der Waals surface area contributed by atoms with Crippen molar-refractivity contribution < 1.29 is 4.79 Å². The Morgan fingerprint density at radius 1 is 1.16 bits per heavy atom. The van der Waals surface area contributed by atoms with Gasteiger partial charge in [-0.3, -0.25) is 9.59 Å². The third-order valence-corrected chi connectivity index (χ3v) is 4.91. The Bertz CT molecular complexity index is 1020. The highest BCUT2D eigenvalue weighted by Crippen LogP contribution is 2.28. The van der Waals surface area contributed by atoms with E-state index in [0.717, 1.165) is 35.1 Å². The second kappa shape index (κ2) is 6.20. The van der Waals surface area contributed by atoms with Crippen LogP contribution in [-0.4, -0.2) is 17.4 Å². The quantitative estimate of drug-likeness (QED) is 0.799. The lowest BCUT2D eigenvalue weighted by Gasteiger charge is -2.17. The number of pyridine rings is 1. The molecule has 126 valence electrons. The molecule has 0 aliphatic carbocycles. The largest absolute Gasteiger partial charge is 0.322 e. The molecule has 1 aliphatic rings. The van der Waals surface area contributed by atoms with E-state index in [2.05, 4.69) is 17.1 Å². The molecule has 3 aromatic rings. The van der Waals surface area contributed by atoms with Crippen molar-refractivity contribution in [1.29, 1.82) is 0 Å². The maximum atomic E-state index is 12.6. The first-order valence-corrected chi connectivity index (χ1v) is 8.63. The highest BCUT2D eigenvalue weighted by atomic mass is 16.2. The summed E-state index contributed by atoms with van der Waals surface area (Å²) < 4.78 is 0. The Labute approximate surface area is 146 Å². The van der Waals surface area contributed by atoms with E-state index in [0.29, 0.717) is 18.4 Å². The predicted molar refractivity (Wildman–Crippen MR) is 100 cm³/mol. The molecule has 2 aromatic carbocycles. The molecule has 2 heterocycles. The minimum atomic E-state index is -0.0527. The number of aryl methyl sites for hydroxylation is 2. The summed E-state index contributed by atoms with van der Waals surface area (Å²) in [6.45, 7) is 2.58. The van der Waals surface area contributed by atoms with Crippen molar-refractivity contribution in [2.45, 2.75) is 26.2 Å². The number of aromatic nitrogens is 1. The maximum Gasteiger partial charge on any atom is 0.251 e. The topological polar surface area (TPSA) is 53.2 Å². The van der Waals surface area contributed by atoms with Crippen molar-refractivity contribution in [3.8, 4) is 0 Å². The number of aromatic amines is 1. The maximum absolute atomic E-state index is 12.6. The second-order valence-electron chi connectivity index (χ2n) is 6.63. The number of benzene rings is 2. The average Bonchev–Trinajstić information content (AvgIpc) is 3.05. The molecule has 1 aromatic heterocycles. The summed E-state index contributed by atoms with van der Waals surface area (Å²) in [5, 5.41) is 1.01. The van der Waals surface area contributed by atoms with E-state index >= 15 is 0 Å². The van der Waals surface area contributed by atoms with E-state index in [1.165, 1.54) is 5.56 Å². The molecule has 0 atom stereocenters. The van der Waals surface area contributed by atoms with Crippen molar-refractivity contribution in [2.75, 3.05) is 11.4 Å². The number of fused-ring (bicyclic) bond motifs is 2. The summed E-state index contributed by atoms with van der Waals surface area (Å²) in [4.78, 5) is 29.1. The monoisotopic (exact) mass is 332 g/mol. The van der Waals surface area contributed by atoms with Gasteiger partial charge in [0, 0.05) is 29.7 Å². The lowest BCUT2D eigenvalue weighted by Crippen LogP contribution is -2.29. The Morgan fingerprint density at radius 2 is 2.00 bits per heavy atom. The van der Waals surface area contributed by atoms with Crippen LogP contribution in [0, 0.1) is 6.92 Å². The highest BCUT2D eigenvalue weighted by molar-refractivity contribution is 5.95. The van der Waals surface area contributed by atoms with Gasteiger partial charge in [-0.05, 0) is 60.5 Å². The van der Waals surface area contributed by atoms with Crippen LogP contribution in [-0.2, 0) is 17.6 Å². The third kappa shape index (κ3) is 2.95. The van der Waals surface area contributed by atoms with E-state index in [9.17, 15) is 9.59 Å². The van der Waals surface area contributed by atoms with Crippen LogP contribution in [0.1, 0.15) is 23.1 Å². The van der Waals surface area contributed by atoms with Crippen LogP contribution in [0.4, 0.5) is 5.69 Å². The van der Waals surface area contributed by atoms with Gasteiger partial charge in [0.25, 0.3) is 5.56 Å². The van der Waals surface area contributed by atoms with Crippen molar-refractivity contribution in [1.82, 2.24) is 4.98 Å². The zero-order valence-electron chi connectivity index (χ0n) is 14.2. The van der Waals surface area contributed by atoms with Gasteiger partial charge in [0.1, 0.15) is 0 Å². The molecule has 0 spiro atoms. The minimum absolute atomic E-state index is 0.0527. The van der Waals surface area contributed by atoms with Crippen LogP contribution in [0.3, 0.4) is 0 Å². The lowest BCUT2D eigenvalue weighted by atomic mass is 10.1. The van der Waals surface area contributed by atoms with Crippen LogP contribution < -0.4 is 10.5 Å². The van der Waals surface area contributed by atoms with Crippen molar-refractivity contribution >= 4 is 22.5 Å². The van der Waals surface area contributed by atoms with Crippen LogP contribution in [0.15, 0.2) is 53.3 Å². The molecule has 0 radical (unpaired) electrons. The van der Waals surface area contributed by atoms with Crippen LogP contribution >= 0.6 is 0 Å². The fourth-order valence-corrected chi connectivity index (χ4v) is 3.50. The number of H-pyrrole nitrogens is 1. The van der Waals surface area contributed by atoms with Crippen molar-refractivity contribution in [3.63, 3.8) is 0 Å². The lowest BCUT2D eigenvalue weighted by molar-refractivity contribution is -0.118. The first kappa shape index (κ1) is 15.6. The van der Waals surface area contributed by atoms with Crippen LogP contribution in [0.5, 0.6) is 0 Å². The fraction of sp³-hybridized carbons (Fsp3) is 0.238. The minimum Gasteiger partial charge on any atom is -0.322 e. The number of carbonyl (C=O) groups excluding carboxylic acids is 1. The Morgan fingerprint density at radius 3 is 2.88 bits per heavy atom. The van der Waals surface area contributed by atoms with Gasteiger partial charge in [-0.25, -0.2) is 0 Å². The summed E-state index contributed by atoms with van der Waals surface area (Å²) in [6, 6.07) is 16.0. The number of amides is 1. The van der Waals surface area contributed by atoms with E-state index in [1.807, 2.05) is 41.3 Å². The van der Waals surface area contributed by atoms with Crippen molar-refractivity contribution in [2.24, 2.45) is 0 Å². The molecule has 1 amide bonds. The van der Waals surface area contributed by atoms with Crippen LogP contribution in [0.25, 0.3) is 10.9 Å². The third-order valence-electron chi connectivity index (χ3n) is 4.91.